The smallest absolute Gasteiger partial charge is 0.114 e. The van der Waals surface area contributed by atoms with Crippen molar-refractivity contribution in [2.75, 3.05) is 0 Å². The summed E-state index contributed by atoms with van der Waals surface area (Å²) in [6, 6.07) is 2.00. The molecule has 1 aromatic rings. The van der Waals surface area contributed by atoms with Crippen LogP contribution in [0.3, 0.4) is 0 Å². The van der Waals surface area contributed by atoms with E-state index in [0.717, 1.165) is 18.6 Å². The van der Waals surface area contributed by atoms with Gasteiger partial charge in [0.2, 0.25) is 0 Å². The van der Waals surface area contributed by atoms with Crippen LogP contribution in [0.4, 0.5) is 0 Å². The van der Waals surface area contributed by atoms with Crippen LogP contribution in [0.15, 0.2) is 16.7 Å². The van der Waals surface area contributed by atoms with E-state index < -0.39 is 0 Å². The third-order valence-corrected chi connectivity index (χ3v) is 3.46. The van der Waals surface area contributed by atoms with E-state index in [1.807, 2.05) is 6.07 Å². The first kappa shape index (κ1) is 8.82. The summed E-state index contributed by atoms with van der Waals surface area (Å²) in [4.78, 5) is 0. The maximum absolute atomic E-state index is 6.22. The lowest BCUT2D eigenvalue weighted by atomic mass is 9.79. The van der Waals surface area contributed by atoms with Gasteiger partial charge in [-0.25, -0.2) is 0 Å². The molecule has 0 radical (unpaired) electrons. The van der Waals surface area contributed by atoms with Gasteiger partial charge in [0.1, 0.15) is 5.76 Å². The molecular weight excluding hydrogens is 162 g/mol. The fourth-order valence-electron chi connectivity index (χ4n) is 2.00. The lowest BCUT2D eigenvalue weighted by Crippen LogP contribution is -2.43. The Kier molecular flexibility index (Phi) is 1.62. The third kappa shape index (κ3) is 1.12. The van der Waals surface area contributed by atoms with E-state index in [9.17, 15) is 0 Å². The highest BCUT2D eigenvalue weighted by molar-refractivity contribution is 5.31. The molecule has 0 bridgehead atoms. The van der Waals surface area contributed by atoms with Crippen molar-refractivity contribution < 1.29 is 4.42 Å². The molecule has 1 fully saturated rings. The van der Waals surface area contributed by atoms with Crippen LogP contribution < -0.4 is 5.73 Å². The minimum atomic E-state index is -0.0321. The van der Waals surface area contributed by atoms with E-state index in [-0.39, 0.29) is 11.0 Å². The van der Waals surface area contributed by atoms with Crippen LogP contribution in [-0.4, -0.2) is 5.54 Å². The monoisotopic (exact) mass is 179 g/mol. The maximum atomic E-state index is 6.22. The van der Waals surface area contributed by atoms with Crippen molar-refractivity contribution >= 4 is 0 Å². The predicted octanol–water partition coefficient (Wildman–Crippen LogP) is 2.36. The molecule has 0 aliphatic heterocycles. The number of aryl methyl sites for hydroxylation is 1. The fraction of sp³-hybridized carbons (Fsp3) is 0.636. The van der Waals surface area contributed by atoms with E-state index in [0.29, 0.717) is 0 Å². The summed E-state index contributed by atoms with van der Waals surface area (Å²) in [7, 11) is 0. The van der Waals surface area contributed by atoms with E-state index >= 15 is 0 Å². The molecule has 2 heteroatoms. The zero-order valence-corrected chi connectivity index (χ0v) is 8.55. The highest BCUT2D eigenvalue weighted by Crippen LogP contribution is 2.49. The molecule has 2 nitrogen and oxygen atoms in total. The van der Waals surface area contributed by atoms with Gasteiger partial charge < -0.3 is 10.2 Å². The summed E-state index contributed by atoms with van der Waals surface area (Å²) in [6.07, 6.45) is 3.97. The zero-order chi connectivity index (χ0) is 9.69. The van der Waals surface area contributed by atoms with Gasteiger partial charge in [-0.1, -0.05) is 13.8 Å². The number of rotatable bonds is 2. The first-order chi connectivity index (χ1) is 5.97. The van der Waals surface area contributed by atoms with E-state index in [1.165, 1.54) is 5.56 Å². The SMILES string of the molecule is Cc1ccoc1C(C)(C)C1(N)CC1. The predicted molar refractivity (Wildman–Crippen MR) is 52.6 cm³/mol. The van der Waals surface area contributed by atoms with Gasteiger partial charge in [-0.05, 0) is 31.4 Å². The van der Waals surface area contributed by atoms with E-state index in [4.69, 9.17) is 10.2 Å². The van der Waals surface area contributed by atoms with Gasteiger partial charge in [-0.15, -0.1) is 0 Å². The summed E-state index contributed by atoms with van der Waals surface area (Å²) in [6.45, 7) is 6.42. The molecule has 13 heavy (non-hydrogen) atoms. The second-order valence-electron chi connectivity index (χ2n) is 4.71. The quantitative estimate of drug-likeness (QED) is 0.757. The average molecular weight is 179 g/mol. The van der Waals surface area contributed by atoms with Crippen LogP contribution in [-0.2, 0) is 5.41 Å². The molecule has 1 saturated carbocycles. The normalized spacial score (nSPS) is 20.3. The van der Waals surface area contributed by atoms with Crippen molar-refractivity contribution in [3.05, 3.63) is 23.7 Å². The van der Waals surface area contributed by atoms with Gasteiger partial charge in [0, 0.05) is 11.0 Å². The summed E-state index contributed by atoms with van der Waals surface area (Å²) in [5.41, 5.74) is 7.38. The summed E-state index contributed by atoms with van der Waals surface area (Å²) in [5, 5.41) is 0. The van der Waals surface area contributed by atoms with Crippen molar-refractivity contribution in [1.29, 1.82) is 0 Å². The standard InChI is InChI=1S/C11H17NO/c1-8-4-7-13-9(8)10(2,3)11(12)5-6-11/h4,7H,5-6,12H2,1-3H3. The Labute approximate surface area is 79.1 Å². The molecule has 0 saturated heterocycles. The van der Waals surface area contributed by atoms with Crippen molar-refractivity contribution in [1.82, 2.24) is 0 Å². The molecule has 0 atom stereocenters. The van der Waals surface area contributed by atoms with Crippen LogP contribution in [0.25, 0.3) is 0 Å². The number of hydrogen-bond donors (Lipinski definition) is 1. The molecule has 1 aliphatic carbocycles. The maximum Gasteiger partial charge on any atom is 0.114 e. The van der Waals surface area contributed by atoms with Gasteiger partial charge in [0.05, 0.1) is 6.26 Å². The highest BCUT2D eigenvalue weighted by atomic mass is 16.3. The van der Waals surface area contributed by atoms with E-state index in [2.05, 4.69) is 20.8 Å². The first-order valence-corrected chi connectivity index (χ1v) is 4.81. The minimum Gasteiger partial charge on any atom is -0.468 e. The number of furan rings is 1. The molecule has 0 unspecified atom stereocenters. The average Bonchev–Trinajstić information content (AvgIpc) is 2.63. The van der Waals surface area contributed by atoms with Crippen molar-refractivity contribution in [2.45, 2.75) is 44.6 Å². The lowest BCUT2D eigenvalue weighted by molar-refractivity contribution is 0.311. The van der Waals surface area contributed by atoms with Crippen LogP contribution >= 0.6 is 0 Å². The van der Waals surface area contributed by atoms with Gasteiger partial charge in [-0.3, -0.25) is 0 Å². The second kappa shape index (κ2) is 2.38. The number of nitrogens with two attached hydrogens (primary N) is 1. The molecule has 72 valence electrons. The summed E-state index contributed by atoms with van der Waals surface area (Å²) in [5.74, 6) is 1.05. The van der Waals surface area contributed by atoms with Crippen molar-refractivity contribution in [3.8, 4) is 0 Å². The Bertz CT molecular complexity index is 321. The van der Waals surface area contributed by atoms with E-state index in [1.54, 1.807) is 6.26 Å². The van der Waals surface area contributed by atoms with Crippen LogP contribution in [0.2, 0.25) is 0 Å². The third-order valence-electron chi connectivity index (χ3n) is 3.46. The Morgan fingerprint density at radius 1 is 1.46 bits per heavy atom. The molecule has 1 aromatic heterocycles. The molecule has 2 rings (SSSR count). The van der Waals surface area contributed by atoms with Crippen molar-refractivity contribution in [2.24, 2.45) is 5.73 Å². The molecule has 0 amide bonds. The summed E-state index contributed by atoms with van der Waals surface area (Å²) >= 11 is 0. The molecular formula is C11H17NO. The van der Waals surface area contributed by atoms with Crippen molar-refractivity contribution in [3.63, 3.8) is 0 Å². The zero-order valence-electron chi connectivity index (χ0n) is 8.55. The Hall–Kier alpha value is -0.760. The van der Waals surface area contributed by atoms with Gasteiger partial charge in [-0.2, -0.15) is 0 Å². The fourth-order valence-corrected chi connectivity index (χ4v) is 2.00. The summed E-state index contributed by atoms with van der Waals surface area (Å²) < 4.78 is 5.52. The number of hydrogen-bond acceptors (Lipinski definition) is 2. The largest absolute Gasteiger partial charge is 0.468 e. The topological polar surface area (TPSA) is 39.2 Å². The molecule has 2 N–H and O–H groups in total. The molecule has 1 heterocycles. The molecule has 0 aromatic carbocycles. The van der Waals surface area contributed by atoms with Gasteiger partial charge in [0.25, 0.3) is 0 Å². The van der Waals surface area contributed by atoms with Crippen LogP contribution in [0.5, 0.6) is 0 Å². The minimum absolute atomic E-state index is 0.0272. The molecule has 1 aliphatic rings. The van der Waals surface area contributed by atoms with Crippen LogP contribution in [0, 0.1) is 6.92 Å². The van der Waals surface area contributed by atoms with Gasteiger partial charge in [0.15, 0.2) is 0 Å². The highest BCUT2D eigenvalue weighted by Gasteiger charge is 2.53. The second-order valence-corrected chi connectivity index (χ2v) is 4.71. The lowest BCUT2D eigenvalue weighted by Gasteiger charge is -2.30. The first-order valence-electron chi connectivity index (χ1n) is 4.81. The van der Waals surface area contributed by atoms with Gasteiger partial charge >= 0.3 is 0 Å². The Morgan fingerprint density at radius 2 is 2.08 bits per heavy atom. The van der Waals surface area contributed by atoms with Crippen LogP contribution in [0.1, 0.15) is 38.0 Å². The Balaban J connectivity index is 2.40. The Morgan fingerprint density at radius 3 is 2.46 bits per heavy atom. The molecule has 0 spiro atoms.